The zero-order valence-corrected chi connectivity index (χ0v) is 10.1. The number of carbonyl (C=O) groups is 2. The molecule has 3 N–H and O–H groups in total. The molecule has 0 fully saturated rings. The molecule has 1 aromatic rings. The van der Waals surface area contributed by atoms with Crippen molar-refractivity contribution in [2.75, 3.05) is 30.8 Å². The van der Waals surface area contributed by atoms with E-state index in [0.717, 1.165) is 0 Å². The summed E-state index contributed by atoms with van der Waals surface area (Å²) in [6, 6.07) is 5.12. The van der Waals surface area contributed by atoms with Crippen LogP contribution in [-0.4, -0.2) is 32.0 Å². The van der Waals surface area contributed by atoms with Crippen molar-refractivity contribution < 1.29 is 14.3 Å². The number of anilines is 2. The Kier molecular flexibility index (Phi) is 3.36. The minimum absolute atomic E-state index is 0.00926. The van der Waals surface area contributed by atoms with E-state index in [1.807, 2.05) is 0 Å². The van der Waals surface area contributed by atoms with Gasteiger partial charge in [0.1, 0.15) is 5.75 Å². The summed E-state index contributed by atoms with van der Waals surface area (Å²) in [7, 11) is 1.56. The fourth-order valence-electron chi connectivity index (χ4n) is 1.80. The smallest absolute Gasteiger partial charge is 0.265 e. The van der Waals surface area contributed by atoms with Gasteiger partial charge in [0, 0.05) is 25.7 Å². The van der Waals surface area contributed by atoms with Crippen LogP contribution in [0.3, 0.4) is 0 Å². The quantitative estimate of drug-likeness (QED) is 0.746. The first-order valence-electron chi connectivity index (χ1n) is 5.65. The van der Waals surface area contributed by atoms with Crippen LogP contribution in [0.1, 0.15) is 6.42 Å². The minimum Gasteiger partial charge on any atom is -0.482 e. The van der Waals surface area contributed by atoms with Crippen molar-refractivity contribution in [2.24, 2.45) is 0 Å². The van der Waals surface area contributed by atoms with Crippen molar-refractivity contribution in [3.05, 3.63) is 18.2 Å². The Morgan fingerprint density at radius 2 is 2.33 bits per heavy atom. The number of hydrogen-bond acceptors (Lipinski definition) is 4. The van der Waals surface area contributed by atoms with Crippen molar-refractivity contribution in [3.8, 4) is 5.75 Å². The first kappa shape index (κ1) is 12.2. The normalized spacial score (nSPS) is 13.8. The highest BCUT2D eigenvalue weighted by molar-refractivity contribution is 5.98. The maximum absolute atomic E-state index is 11.8. The molecule has 0 saturated heterocycles. The van der Waals surface area contributed by atoms with Crippen molar-refractivity contribution in [1.82, 2.24) is 5.32 Å². The molecule has 0 aromatic heterocycles. The average molecular weight is 249 g/mol. The molecule has 1 aliphatic heterocycles. The number of nitrogens with one attached hydrogen (secondary N) is 1. The Morgan fingerprint density at radius 1 is 1.56 bits per heavy atom. The number of carbonyl (C=O) groups excluding carboxylic acids is 2. The first-order chi connectivity index (χ1) is 8.61. The molecule has 0 bridgehead atoms. The Hall–Kier alpha value is -2.24. The monoisotopic (exact) mass is 249 g/mol. The van der Waals surface area contributed by atoms with Crippen molar-refractivity contribution in [1.29, 1.82) is 0 Å². The number of ether oxygens (including phenoxy) is 1. The van der Waals surface area contributed by atoms with Crippen LogP contribution in [0.25, 0.3) is 0 Å². The highest BCUT2D eigenvalue weighted by Gasteiger charge is 2.25. The summed E-state index contributed by atoms with van der Waals surface area (Å²) in [5, 5.41) is 2.52. The molecule has 6 heteroatoms. The maximum Gasteiger partial charge on any atom is 0.265 e. The summed E-state index contributed by atoms with van der Waals surface area (Å²) < 4.78 is 5.31. The molecule has 0 atom stereocenters. The molecular formula is C12H15N3O3. The number of hydrogen-bond donors (Lipinski definition) is 2. The predicted octanol–water partition coefficient (Wildman–Crippen LogP) is 0.130. The van der Waals surface area contributed by atoms with Gasteiger partial charge < -0.3 is 20.7 Å². The summed E-state index contributed by atoms with van der Waals surface area (Å²) in [6.45, 7) is 0.309. The van der Waals surface area contributed by atoms with Gasteiger partial charge in [-0.3, -0.25) is 9.59 Å². The lowest BCUT2D eigenvalue weighted by molar-refractivity contribution is -0.122. The zero-order valence-electron chi connectivity index (χ0n) is 10.1. The number of fused-ring (bicyclic) bond motifs is 1. The van der Waals surface area contributed by atoms with E-state index in [0.29, 0.717) is 23.7 Å². The van der Waals surface area contributed by atoms with E-state index in [4.69, 9.17) is 10.5 Å². The average Bonchev–Trinajstić information content (AvgIpc) is 2.37. The minimum atomic E-state index is -0.169. The summed E-state index contributed by atoms with van der Waals surface area (Å²) in [5.74, 6) is 0.331. The van der Waals surface area contributed by atoms with Crippen molar-refractivity contribution in [2.45, 2.75) is 6.42 Å². The van der Waals surface area contributed by atoms with Gasteiger partial charge in [-0.15, -0.1) is 0 Å². The largest absolute Gasteiger partial charge is 0.482 e. The van der Waals surface area contributed by atoms with Crippen LogP contribution in [0.4, 0.5) is 11.4 Å². The number of benzene rings is 1. The molecule has 6 nitrogen and oxygen atoms in total. The molecular weight excluding hydrogens is 234 g/mol. The molecule has 96 valence electrons. The second-order valence-electron chi connectivity index (χ2n) is 3.98. The van der Waals surface area contributed by atoms with Crippen LogP contribution in [-0.2, 0) is 9.59 Å². The van der Waals surface area contributed by atoms with Gasteiger partial charge in [0.25, 0.3) is 5.91 Å². The second kappa shape index (κ2) is 4.95. The Balaban J connectivity index is 2.21. The van der Waals surface area contributed by atoms with E-state index >= 15 is 0 Å². The molecule has 1 aromatic carbocycles. The zero-order chi connectivity index (χ0) is 13.1. The summed E-state index contributed by atoms with van der Waals surface area (Å²) >= 11 is 0. The topological polar surface area (TPSA) is 84.7 Å². The highest BCUT2D eigenvalue weighted by atomic mass is 16.5. The SMILES string of the molecule is CNC(=O)CCN1C(=O)COc2ccc(N)cc21. The summed E-state index contributed by atoms with van der Waals surface area (Å²) in [4.78, 5) is 24.6. The van der Waals surface area contributed by atoms with Crippen molar-refractivity contribution in [3.63, 3.8) is 0 Å². The molecule has 18 heavy (non-hydrogen) atoms. The standard InChI is InChI=1S/C12H15N3O3/c1-14-11(16)4-5-15-9-6-8(13)2-3-10(9)18-7-12(15)17/h2-3,6H,4-5,7,13H2,1H3,(H,14,16). The van der Waals surface area contributed by atoms with Crippen LogP contribution >= 0.6 is 0 Å². The lowest BCUT2D eigenvalue weighted by Crippen LogP contribution is -2.40. The molecule has 0 unspecified atom stereocenters. The number of rotatable bonds is 3. The second-order valence-corrected chi connectivity index (χ2v) is 3.98. The molecule has 2 amide bonds. The molecule has 1 heterocycles. The van der Waals surface area contributed by atoms with Gasteiger partial charge >= 0.3 is 0 Å². The van der Waals surface area contributed by atoms with Gasteiger partial charge in [0.2, 0.25) is 5.91 Å². The Labute approximate surface area is 105 Å². The third kappa shape index (κ3) is 2.37. The molecule has 0 aliphatic carbocycles. The number of nitrogen functional groups attached to an aromatic ring is 1. The van der Waals surface area contributed by atoms with E-state index in [-0.39, 0.29) is 24.8 Å². The Morgan fingerprint density at radius 3 is 3.06 bits per heavy atom. The van der Waals surface area contributed by atoms with Gasteiger partial charge in [-0.2, -0.15) is 0 Å². The summed E-state index contributed by atoms with van der Waals surface area (Å²) in [5.41, 5.74) is 6.87. The Bertz CT molecular complexity index is 487. The third-order valence-corrected chi connectivity index (χ3v) is 2.77. The number of amides is 2. The van der Waals surface area contributed by atoms with Gasteiger partial charge in [-0.25, -0.2) is 0 Å². The summed E-state index contributed by atoms with van der Waals surface area (Å²) in [6.07, 6.45) is 0.247. The molecule has 0 saturated carbocycles. The van der Waals surface area contributed by atoms with Gasteiger partial charge in [0.15, 0.2) is 6.61 Å². The van der Waals surface area contributed by atoms with Crippen LogP contribution in [0.5, 0.6) is 5.75 Å². The van der Waals surface area contributed by atoms with Gasteiger partial charge in [-0.05, 0) is 18.2 Å². The lowest BCUT2D eigenvalue weighted by atomic mass is 10.2. The van der Waals surface area contributed by atoms with E-state index in [1.54, 1.807) is 25.2 Å². The lowest BCUT2D eigenvalue weighted by Gasteiger charge is -2.29. The van der Waals surface area contributed by atoms with E-state index in [9.17, 15) is 9.59 Å². The van der Waals surface area contributed by atoms with Crippen LogP contribution in [0, 0.1) is 0 Å². The highest BCUT2D eigenvalue weighted by Crippen LogP contribution is 2.33. The molecule has 2 rings (SSSR count). The van der Waals surface area contributed by atoms with Gasteiger partial charge in [0.05, 0.1) is 5.69 Å². The molecule has 0 spiro atoms. The number of nitrogens with zero attached hydrogens (tertiary/aromatic N) is 1. The van der Waals surface area contributed by atoms with Crippen molar-refractivity contribution >= 4 is 23.2 Å². The van der Waals surface area contributed by atoms with E-state index in [2.05, 4.69) is 5.32 Å². The fourth-order valence-corrected chi connectivity index (χ4v) is 1.80. The molecule has 1 aliphatic rings. The first-order valence-corrected chi connectivity index (χ1v) is 5.65. The van der Waals surface area contributed by atoms with Crippen LogP contribution < -0.4 is 20.7 Å². The van der Waals surface area contributed by atoms with Crippen LogP contribution in [0.15, 0.2) is 18.2 Å². The third-order valence-electron chi connectivity index (χ3n) is 2.77. The van der Waals surface area contributed by atoms with E-state index < -0.39 is 0 Å². The maximum atomic E-state index is 11.8. The number of nitrogens with two attached hydrogens (primary N) is 1. The molecule has 0 radical (unpaired) electrons. The predicted molar refractivity (Wildman–Crippen MR) is 67.4 cm³/mol. The fraction of sp³-hybridized carbons (Fsp3) is 0.333. The van der Waals surface area contributed by atoms with Crippen LogP contribution in [0.2, 0.25) is 0 Å². The van der Waals surface area contributed by atoms with E-state index in [1.165, 1.54) is 4.90 Å². The van der Waals surface area contributed by atoms with Gasteiger partial charge in [-0.1, -0.05) is 0 Å².